The van der Waals surface area contributed by atoms with Gasteiger partial charge in [0.1, 0.15) is 0 Å². The van der Waals surface area contributed by atoms with Gasteiger partial charge in [-0.25, -0.2) is 0 Å². The molecule has 0 nitrogen and oxygen atoms in total. The van der Waals surface area contributed by atoms with E-state index in [1.54, 1.807) is 3.51 Å². The number of hydrogen-bond acceptors (Lipinski definition) is 0. The molecule has 0 heterocycles. The summed E-state index contributed by atoms with van der Waals surface area (Å²) in [5.41, 5.74) is 0. The SMILES string of the molecule is [I][Sb]([I])[c]1ccccc1. The van der Waals surface area contributed by atoms with Crippen LogP contribution in [-0.4, -0.2) is 12.2 Å². The van der Waals surface area contributed by atoms with Crippen LogP contribution in [0, 0.1) is 0 Å². The number of rotatable bonds is 1. The molecular weight excluding hydrogens is 448 g/mol. The molecule has 1 aromatic rings. The van der Waals surface area contributed by atoms with Crippen LogP contribution in [0.25, 0.3) is 0 Å². The summed E-state index contributed by atoms with van der Waals surface area (Å²) in [6, 6.07) is 10.7. The summed E-state index contributed by atoms with van der Waals surface area (Å²) in [6.45, 7) is 0. The van der Waals surface area contributed by atoms with Crippen LogP contribution in [0.5, 0.6) is 0 Å². The summed E-state index contributed by atoms with van der Waals surface area (Å²) in [7, 11) is 0. The van der Waals surface area contributed by atoms with E-state index in [2.05, 4.69) is 67.3 Å². The zero-order valence-electron chi connectivity index (χ0n) is 4.59. The van der Waals surface area contributed by atoms with Crippen LogP contribution in [0.2, 0.25) is 0 Å². The Morgan fingerprint density at radius 2 is 1.56 bits per heavy atom. The monoisotopic (exact) mass is 452 g/mol. The van der Waals surface area contributed by atoms with Crippen molar-refractivity contribution >= 4 is 52.7 Å². The van der Waals surface area contributed by atoms with Crippen LogP contribution in [0.3, 0.4) is 0 Å². The molecule has 0 N–H and O–H groups in total. The average Bonchev–Trinajstić information content (AvgIpc) is 1.90. The standard InChI is InChI=1S/C6H5.2HI.Sb/c1-2-4-6-5-3-1;;;/h1-5H;2*1H;/q;;;+2/p-2. The van der Waals surface area contributed by atoms with E-state index < -0.39 is 12.2 Å². The summed E-state index contributed by atoms with van der Waals surface area (Å²) in [5.74, 6) is 0. The third kappa shape index (κ3) is 2.93. The fourth-order valence-corrected chi connectivity index (χ4v) is 5.99. The molecule has 3 heteroatoms. The van der Waals surface area contributed by atoms with E-state index >= 15 is 0 Å². The minimum atomic E-state index is -0.969. The van der Waals surface area contributed by atoms with Crippen LogP contribution >= 0.6 is 37.0 Å². The molecule has 0 aliphatic rings. The van der Waals surface area contributed by atoms with E-state index in [1.165, 1.54) is 0 Å². The Labute approximate surface area is 81.5 Å². The Balaban J connectivity index is 2.85. The van der Waals surface area contributed by atoms with Crippen molar-refractivity contribution in [1.29, 1.82) is 0 Å². The van der Waals surface area contributed by atoms with Crippen LogP contribution in [0.1, 0.15) is 0 Å². The van der Waals surface area contributed by atoms with Crippen molar-refractivity contribution in [3.8, 4) is 0 Å². The Morgan fingerprint density at radius 1 is 1.00 bits per heavy atom. The van der Waals surface area contributed by atoms with E-state index in [0.29, 0.717) is 0 Å². The van der Waals surface area contributed by atoms with Crippen LogP contribution in [0.4, 0.5) is 0 Å². The van der Waals surface area contributed by atoms with Crippen molar-refractivity contribution in [1.82, 2.24) is 0 Å². The van der Waals surface area contributed by atoms with Crippen molar-refractivity contribution < 1.29 is 0 Å². The van der Waals surface area contributed by atoms with Gasteiger partial charge in [0.2, 0.25) is 0 Å². The second-order valence-electron chi connectivity index (χ2n) is 1.57. The Kier molecular flexibility index (Phi) is 4.19. The predicted octanol–water partition coefficient (Wildman–Crippen LogP) is 2.25. The number of hydrogen-bond donors (Lipinski definition) is 0. The van der Waals surface area contributed by atoms with Gasteiger partial charge >= 0.3 is 83.0 Å². The summed E-state index contributed by atoms with van der Waals surface area (Å²) in [4.78, 5) is 0. The molecule has 0 fully saturated rings. The molecule has 0 saturated heterocycles. The van der Waals surface area contributed by atoms with Crippen molar-refractivity contribution in [2.75, 3.05) is 0 Å². The van der Waals surface area contributed by atoms with Gasteiger partial charge in [-0.05, 0) is 0 Å². The molecule has 9 heavy (non-hydrogen) atoms. The Morgan fingerprint density at radius 3 is 1.89 bits per heavy atom. The molecule has 0 aliphatic carbocycles. The maximum absolute atomic E-state index is 2.58. The molecule has 0 saturated carbocycles. The molecule has 48 valence electrons. The quantitative estimate of drug-likeness (QED) is 0.453. The summed E-state index contributed by atoms with van der Waals surface area (Å²) in [5, 5.41) is 0. The first-order chi connectivity index (χ1) is 4.30. The molecular formula is C6H5I2Sb. The summed E-state index contributed by atoms with van der Waals surface area (Å²) < 4.78 is 1.57. The topological polar surface area (TPSA) is 0 Å². The van der Waals surface area contributed by atoms with E-state index in [-0.39, 0.29) is 0 Å². The van der Waals surface area contributed by atoms with Crippen LogP contribution in [0.15, 0.2) is 30.3 Å². The third-order valence-electron chi connectivity index (χ3n) is 0.951. The van der Waals surface area contributed by atoms with Crippen molar-refractivity contribution in [3.05, 3.63) is 30.3 Å². The first-order valence-electron chi connectivity index (χ1n) is 2.47. The first-order valence-corrected chi connectivity index (χ1v) is 18.6. The summed E-state index contributed by atoms with van der Waals surface area (Å²) in [6.07, 6.45) is 0. The van der Waals surface area contributed by atoms with Crippen molar-refractivity contribution in [2.24, 2.45) is 0 Å². The maximum atomic E-state index is 2.58. The molecule has 0 aliphatic heterocycles. The minimum absolute atomic E-state index is 0.969. The van der Waals surface area contributed by atoms with Crippen LogP contribution < -0.4 is 3.51 Å². The van der Waals surface area contributed by atoms with E-state index in [4.69, 9.17) is 0 Å². The molecule has 0 unspecified atom stereocenters. The van der Waals surface area contributed by atoms with E-state index in [9.17, 15) is 0 Å². The average molecular weight is 453 g/mol. The van der Waals surface area contributed by atoms with Gasteiger partial charge in [0.25, 0.3) is 0 Å². The molecule has 1 rings (SSSR count). The van der Waals surface area contributed by atoms with Gasteiger partial charge in [0.05, 0.1) is 0 Å². The van der Waals surface area contributed by atoms with Gasteiger partial charge in [-0.3, -0.25) is 0 Å². The molecule has 0 bridgehead atoms. The molecule has 0 atom stereocenters. The van der Waals surface area contributed by atoms with Gasteiger partial charge in [0, 0.05) is 0 Å². The predicted molar refractivity (Wildman–Crippen MR) is 59.9 cm³/mol. The van der Waals surface area contributed by atoms with Crippen molar-refractivity contribution in [3.63, 3.8) is 0 Å². The zero-order valence-corrected chi connectivity index (χ0v) is 11.5. The molecule has 0 spiro atoms. The summed E-state index contributed by atoms with van der Waals surface area (Å²) >= 11 is 4.19. The zero-order chi connectivity index (χ0) is 6.69. The molecule has 0 radical (unpaired) electrons. The fraction of sp³-hybridized carbons (Fsp3) is 0. The molecule has 1 aromatic carbocycles. The second kappa shape index (κ2) is 4.39. The van der Waals surface area contributed by atoms with Crippen molar-refractivity contribution in [2.45, 2.75) is 0 Å². The van der Waals surface area contributed by atoms with Gasteiger partial charge in [-0.15, -0.1) is 0 Å². The van der Waals surface area contributed by atoms with E-state index in [0.717, 1.165) is 0 Å². The molecule has 0 amide bonds. The Bertz CT molecular complexity index is 174. The van der Waals surface area contributed by atoms with E-state index in [1.807, 2.05) is 0 Å². The fourth-order valence-electron chi connectivity index (χ4n) is 0.541. The first kappa shape index (κ1) is 8.59. The van der Waals surface area contributed by atoms with Gasteiger partial charge < -0.3 is 0 Å². The number of benzene rings is 1. The van der Waals surface area contributed by atoms with Gasteiger partial charge in [-0.1, -0.05) is 0 Å². The number of halogens is 2. The normalized spacial score (nSPS) is 10.1. The molecule has 0 aromatic heterocycles. The second-order valence-corrected chi connectivity index (χ2v) is 29.7. The third-order valence-corrected chi connectivity index (χ3v) is 10.4. The Hall–Kier alpha value is 1.50. The van der Waals surface area contributed by atoms with Crippen LogP contribution in [-0.2, 0) is 0 Å². The van der Waals surface area contributed by atoms with Gasteiger partial charge in [-0.2, -0.15) is 0 Å². The van der Waals surface area contributed by atoms with Gasteiger partial charge in [0.15, 0.2) is 0 Å².